The summed E-state index contributed by atoms with van der Waals surface area (Å²) in [6.07, 6.45) is 6.32. The zero-order valence-electron chi connectivity index (χ0n) is 10.1. The van der Waals surface area contributed by atoms with E-state index in [1.165, 1.54) is 4.90 Å². The molecule has 0 bridgehead atoms. The van der Waals surface area contributed by atoms with Crippen molar-refractivity contribution in [2.75, 3.05) is 6.54 Å². The number of carbonyl (C=O) groups excluding carboxylic acids is 2. The summed E-state index contributed by atoms with van der Waals surface area (Å²) < 4.78 is 0. The van der Waals surface area contributed by atoms with Gasteiger partial charge in [0.15, 0.2) is 0 Å². The quantitative estimate of drug-likeness (QED) is 0.588. The Morgan fingerprint density at radius 3 is 2.29 bits per heavy atom. The predicted octanol–water partition coefficient (Wildman–Crippen LogP) is 1.10. The third kappa shape index (κ3) is 2.41. The highest BCUT2D eigenvalue weighted by molar-refractivity contribution is 6.05. The van der Waals surface area contributed by atoms with E-state index in [0.29, 0.717) is 32.2 Å². The van der Waals surface area contributed by atoms with E-state index in [1.807, 2.05) is 12.2 Å². The molecule has 2 amide bonds. The van der Waals surface area contributed by atoms with Crippen LogP contribution in [0.25, 0.3) is 0 Å². The number of hydrogen-bond acceptors (Lipinski definition) is 3. The second-order valence-electron chi connectivity index (χ2n) is 4.98. The summed E-state index contributed by atoms with van der Waals surface area (Å²) in [4.78, 5) is 25.5. The van der Waals surface area contributed by atoms with E-state index >= 15 is 0 Å². The van der Waals surface area contributed by atoms with Crippen molar-refractivity contribution in [2.45, 2.75) is 38.7 Å². The Balaban J connectivity index is 1.95. The molecule has 0 aromatic carbocycles. The number of aliphatic hydroxyl groups is 1. The summed E-state index contributed by atoms with van der Waals surface area (Å²) >= 11 is 0. The molecule has 4 nitrogen and oxygen atoms in total. The lowest BCUT2D eigenvalue weighted by Crippen LogP contribution is -2.32. The molecule has 1 N–H and O–H groups in total. The average molecular weight is 237 g/mol. The van der Waals surface area contributed by atoms with Gasteiger partial charge in [-0.05, 0) is 32.6 Å². The molecule has 0 radical (unpaired) electrons. The van der Waals surface area contributed by atoms with Crippen LogP contribution in [0.2, 0.25) is 0 Å². The van der Waals surface area contributed by atoms with Gasteiger partial charge in [0.05, 0.1) is 17.9 Å². The minimum atomic E-state index is -0.369. The highest BCUT2D eigenvalue weighted by Gasteiger charge is 2.46. The monoisotopic (exact) mass is 237 g/mol. The first kappa shape index (κ1) is 12.3. The molecule has 4 heteroatoms. The van der Waals surface area contributed by atoms with Crippen LogP contribution in [-0.2, 0) is 9.59 Å². The van der Waals surface area contributed by atoms with Crippen LogP contribution in [0.4, 0.5) is 0 Å². The summed E-state index contributed by atoms with van der Waals surface area (Å²) in [5.41, 5.74) is 0. The normalized spacial score (nSPS) is 29.6. The Morgan fingerprint density at radius 1 is 1.29 bits per heavy atom. The number of nitrogens with zero attached hydrogens (tertiary/aromatic N) is 1. The van der Waals surface area contributed by atoms with E-state index in [4.69, 9.17) is 5.11 Å². The lowest BCUT2D eigenvalue weighted by molar-refractivity contribution is -0.140. The summed E-state index contributed by atoms with van der Waals surface area (Å²) in [6, 6.07) is 0. The minimum Gasteiger partial charge on any atom is -0.393 e. The number of fused-ring (bicyclic) bond motifs is 1. The Morgan fingerprint density at radius 2 is 1.82 bits per heavy atom. The van der Waals surface area contributed by atoms with Gasteiger partial charge in [-0.15, -0.1) is 0 Å². The molecule has 1 aliphatic heterocycles. The maximum atomic E-state index is 12.0. The number of hydrogen-bond donors (Lipinski definition) is 1. The van der Waals surface area contributed by atoms with Crippen molar-refractivity contribution in [2.24, 2.45) is 11.8 Å². The Labute approximate surface area is 101 Å². The zero-order valence-corrected chi connectivity index (χ0v) is 10.1. The Hall–Kier alpha value is -1.16. The molecule has 94 valence electrons. The molecule has 1 heterocycles. The number of likely N-dealkylation sites (tertiary alicyclic amines) is 1. The van der Waals surface area contributed by atoms with Gasteiger partial charge in [0.25, 0.3) is 0 Å². The van der Waals surface area contributed by atoms with E-state index in [0.717, 1.165) is 0 Å². The molecule has 3 atom stereocenters. The van der Waals surface area contributed by atoms with Gasteiger partial charge in [-0.25, -0.2) is 0 Å². The van der Waals surface area contributed by atoms with E-state index in [1.54, 1.807) is 6.92 Å². The van der Waals surface area contributed by atoms with Crippen molar-refractivity contribution >= 4 is 11.8 Å². The second-order valence-corrected chi connectivity index (χ2v) is 4.98. The molecular formula is C13H19NO3. The van der Waals surface area contributed by atoms with Crippen LogP contribution in [0.5, 0.6) is 0 Å². The molecule has 1 saturated heterocycles. The lowest BCUT2D eigenvalue weighted by Gasteiger charge is -2.14. The summed E-state index contributed by atoms with van der Waals surface area (Å²) in [7, 11) is 0. The third-order valence-corrected chi connectivity index (χ3v) is 3.60. The number of amides is 2. The van der Waals surface area contributed by atoms with E-state index in [-0.39, 0.29) is 29.8 Å². The van der Waals surface area contributed by atoms with E-state index < -0.39 is 0 Å². The SMILES string of the molecule is CC(O)CCCN1C(=O)[C@H]2CC=CC[C@H]2C1=O. The van der Waals surface area contributed by atoms with Gasteiger partial charge in [-0.3, -0.25) is 14.5 Å². The minimum absolute atomic E-state index is 0.0186. The predicted molar refractivity (Wildman–Crippen MR) is 63.0 cm³/mol. The highest BCUT2D eigenvalue weighted by Crippen LogP contribution is 2.35. The van der Waals surface area contributed by atoms with Crippen molar-refractivity contribution < 1.29 is 14.7 Å². The van der Waals surface area contributed by atoms with Gasteiger partial charge in [-0.2, -0.15) is 0 Å². The fourth-order valence-corrected chi connectivity index (χ4v) is 2.63. The first-order valence-corrected chi connectivity index (χ1v) is 6.29. The van der Waals surface area contributed by atoms with Crippen molar-refractivity contribution in [3.63, 3.8) is 0 Å². The van der Waals surface area contributed by atoms with Gasteiger partial charge in [0, 0.05) is 6.54 Å². The number of aliphatic hydroxyl groups excluding tert-OH is 1. The highest BCUT2D eigenvalue weighted by atomic mass is 16.3. The Kier molecular flexibility index (Phi) is 3.62. The molecule has 2 aliphatic rings. The standard InChI is InChI=1S/C13H19NO3/c1-9(15)5-4-8-14-12(16)10-6-2-3-7-11(10)13(14)17/h2-3,9-11,15H,4-8H2,1H3/t9?,10-,11+. The van der Waals surface area contributed by atoms with Gasteiger partial charge in [0.1, 0.15) is 0 Å². The molecule has 0 saturated carbocycles. The van der Waals surface area contributed by atoms with Crippen LogP contribution >= 0.6 is 0 Å². The van der Waals surface area contributed by atoms with Crippen molar-refractivity contribution in [3.05, 3.63) is 12.2 Å². The lowest BCUT2D eigenvalue weighted by atomic mass is 9.85. The molecule has 1 fully saturated rings. The molecule has 2 rings (SSSR count). The molecular weight excluding hydrogens is 218 g/mol. The van der Waals surface area contributed by atoms with Crippen LogP contribution < -0.4 is 0 Å². The van der Waals surface area contributed by atoms with Crippen LogP contribution in [-0.4, -0.2) is 34.5 Å². The van der Waals surface area contributed by atoms with Gasteiger partial charge >= 0.3 is 0 Å². The number of carbonyl (C=O) groups is 2. The maximum Gasteiger partial charge on any atom is 0.233 e. The van der Waals surface area contributed by atoms with Gasteiger partial charge < -0.3 is 5.11 Å². The molecule has 17 heavy (non-hydrogen) atoms. The van der Waals surface area contributed by atoms with Crippen molar-refractivity contribution in [1.29, 1.82) is 0 Å². The van der Waals surface area contributed by atoms with Crippen molar-refractivity contribution in [3.8, 4) is 0 Å². The average Bonchev–Trinajstić information content (AvgIpc) is 2.54. The topological polar surface area (TPSA) is 57.6 Å². The van der Waals surface area contributed by atoms with Crippen LogP contribution in [0.15, 0.2) is 12.2 Å². The fraction of sp³-hybridized carbons (Fsp3) is 0.692. The smallest absolute Gasteiger partial charge is 0.233 e. The summed E-state index contributed by atoms with van der Waals surface area (Å²) in [6.45, 7) is 2.17. The molecule has 0 aromatic heterocycles. The maximum absolute atomic E-state index is 12.0. The molecule has 0 spiro atoms. The van der Waals surface area contributed by atoms with E-state index in [2.05, 4.69) is 0 Å². The van der Waals surface area contributed by atoms with Crippen LogP contribution in [0.3, 0.4) is 0 Å². The summed E-state index contributed by atoms with van der Waals surface area (Å²) in [5.74, 6) is -0.289. The Bertz CT molecular complexity index is 323. The second kappa shape index (κ2) is 5.00. The largest absolute Gasteiger partial charge is 0.393 e. The number of rotatable bonds is 4. The number of imide groups is 1. The first-order chi connectivity index (χ1) is 8.11. The van der Waals surface area contributed by atoms with Crippen molar-refractivity contribution in [1.82, 2.24) is 4.90 Å². The molecule has 1 unspecified atom stereocenters. The fourth-order valence-electron chi connectivity index (χ4n) is 2.63. The van der Waals surface area contributed by atoms with Gasteiger partial charge in [0.2, 0.25) is 11.8 Å². The number of allylic oxidation sites excluding steroid dienone is 2. The van der Waals surface area contributed by atoms with Gasteiger partial charge in [-0.1, -0.05) is 12.2 Å². The molecule has 0 aromatic rings. The van der Waals surface area contributed by atoms with Crippen LogP contribution in [0.1, 0.15) is 32.6 Å². The van der Waals surface area contributed by atoms with E-state index in [9.17, 15) is 9.59 Å². The third-order valence-electron chi connectivity index (χ3n) is 3.60. The zero-order chi connectivity index (χ0) is 12.4. The summed E-state index contributed by atoms with van der Waals surface area (Å²) in [5, 5.41) is 9.17. The first-order valence-electron chi connectivity index (χ1n) is 6.29. The molecule has 1 aliphatic carbocycles. The van der Waals surface area contributed by atoms with Crippen LogP contribution in [0, 0.1) is 11.8 Å².